The molecule has 104 valence electrons. The maximum atomic E-state index is 11.5. The van der Waals surface area contributed by atoms with Crippen molar-refractivity contribution in [3.8, 4) is 17.4 Å². The van der Waals surface area contributed by atoms with E-state index in [0.29, 0.717) is 29.7 Å². The Morgan fingerprint density at radius 1 is 1.25 bits per heavy atom. The fourth-order valence-corrected chi connectivity index (χ4v) is 2.78. The Morgan fingerprint density at radius 3 is 2.65 bits per heavy atom. The maximum Gasteiger partial charge on any atom is 0.202 e. The summed E-state index contributed by atoms with van der Waals surface area (Å²) in [5.74, 6) is 0.213. The first-order valence-corrected chi connectivity index (χ1v) is 6.83. The molecule has 0 unspecified atom stereocenters. The van der Waals surface area contributed by atoms with Crippen molar-refractivity contribution in [2.45, 2.75) is 33.1 Å². The third-order valence-electron chi connectivity index (χ3n) is 3.98. The van der Waals surface area contributed by atoms with Gasteiger partial charge in [0, 0.05) is 23.1 Å². The van der Waals surface area contributed by atoms with Crippen molar-refractivity contribution in [1.29, 1.82) is 0 Å². The number of carbonyl (C=O) groups is 1. The number of benzene rings is 1. The zero-order chi connectivity index (χ0) is 14.4. The highest BCUT2D eigenvalue weighted by Crippen LogP contribution is 2.38. The van der Waals surface area contributed by atoms with Gasteiger partial charge in [0.15, 0.2) is 5.78 Å². The van der Waals surface area contributed by atoms with Crippen molar-refractivity contribution in [2.75, 3.05) is 0 Å². The average Bonchev–Trinajstić information content (AvgIpc) is 2.63. The molecule has 1 aliphatic rings. The van der Waals surface area contributed by atoms with E-state index < -0.39 is 0 Å². The van der Waals surface area contributed by atoms with Crippen LogP contribution in [0.15, 0.2) is 18.2 Å². The van der Waals surface area contributed by atoms with Gasteiger partial charge in [-0.15, -0.1) is 0 Å². The minimum atomic E-state index is 0.0395. The van der Waals surface area contributed by atoms with E-state index >= 15 is 0 Å². The molecule has 1 aliphatic carbocycles. The minimum Gasteiger partial charge on any atom is -0.494 e. The van der Waals surface area contributed by atoms with Gasteiger partial charge in [0.25, 0.3) is 0 Å². The summed E-state index contributed by atoms with van der Waals surface area (Å²) in [6, 6.07) is 5.43. The van der Waals surface area contributed by atoms with Crippen LogP contribution in [0, 0.1) is 6.92 Å². The van der Waals surface area contributed by atoms with Gasteiger partial charge in [-0.1, -0.05) is 19.4 Å². The molecule has 0 aliphatic heterocycles. The second kappa shape index (κ2) is 4.40. The summed E-state index contributed by atoms with van der Waals surface area (Å²) in [7, 11) is 0. The Hall–Kier alpha value is -2.23. The van der Waals surface area contributed by atoms with Crippen LogP contribution < -0.4 is 0 Å². The highest BCUT2D eigenvalue weighted by molar-refractivity contribution is 6.07. The van der Waals surface area contributed by atoms with Gasteiger partial charge in [0.05, 0.1) is 5.69 Å². The van der Waals surface area contributed by atoms with Gasteiger partial charge in [-0.3, -0.25) is 9.36 Å². The maximum absolute atomic E-state index is 11.5. The Labute approximate surface area is 117 Å². The number of fused-ring (bicyclic) bond motifs is 1. The molecule has 0 saturated heterocycles. The lowest BCUT2D eigenvalue weighted by atomic mass is 9.87. The fraction of sp³-hybridized carbons (Fsp3) is 0.312. The lowest BCUT2D eigenvalue weighted by Crippen LogP contribution is -2.18. The van der Waals surface area contributed by atoms with E-state index in [-0.39, 0.29) is 17.5 Å². The van der Waals surface area contributed by atoms with Crippen LogP contribution in [0.2, 0.25) is 0 Å². The van der Waals surface area contributed by atoms with E-state index in [0.717, 1.165) is 17.5 Å². The van der Waals surface area contributed by atoms with Gasteiger partial charge in [-0.25, -0.2) is 0 Å². The number of hydrogen-bond acceptors (Lipinski definition) is 3. The second-order valence-corrected chi connectivity index (χ2v) is 5.28. The number of ketones is 1. The van der Waals surface area contributed by atoms with Crippen LogP contribution in [0.3, 0.4) is 0 Å². The van der Waals surface area contributed by atoms with Crippen LogP contribution in [-0.2, 0) is 12.8 Å². The number of aromatic hydroxyl groups is 2. The molecule has 1 aromatic heterocycles. The number of carbonyl (C=O) groups excluding carboxylic acids is 1. The number of hydrogen-bond donors (Lipinski definition) is 2. The van der Waals surface area contributed by atoms with E-state index in [9.17, 15) is 15.0 Å². The lowest BCUT2D eigenvalue weighted by molar-refractivity contribution is 0.0968. The molecule has 0 radical (unpaired) electrons. The van der Waals surface area contributed by atoms with Crippen LogP contribution in [0.5, 0.6) is 11.8 Å². The molecule has 0 saturated carbocycles. The molecule has 0 fully saturated rings. The molecule has 4 heteroatoms. The highest BCUT2D eigenvalue weighted by atomic mass is 16.3. The summed E-state index contributed by atoms with van der Waals surface area (Å²) in [5, 5.41) is 20.6. The molecule has 1 aromatic carbocycles. The predicted molar refractivity (Wildman–Crippen MR) is 75.9 cm³/mol. The summed E-state index contributed by atoms with van der Waals surface area (Å²) >= 11 is 0. The molecule has 1 heterocycles. The van der Waals surface area contributed by atoms with E-state index in [1.54, 1.807) is 13.0 Å². The molecule has 20 heavy (non-hydrogen) atoms. The summed E-state index contributed by atoms with van der Waals surface area (Å²) in [4.78, 5) is 11.5. The first kappa shape index (κ1) is 12.8. The Bertz CT molecular complexity index is 713. The van der Waals surface area contributed by atoms with Gasteiger partial charge in [0.1, 0.15) is 0 Å². The summed E-state index contributed by atoms with van der Waals surface area (Å²) in [6.07, 6.45) is 2.09. The van der Waals surface area contributed by atoms with Crippen molar-refractivity contribution in [3.05, 3.63) is 40.5 Å². The zero-order valence-corrected chi connectivity index (χ0v) is 11.6. The topological polar surface area (TPSA) is 62.5 Å². The van der Waals surface area contributed by atoms with Crippen LogP contribution in [0.25, 0.3) is 5.69 Å². The highest BCUT2D eigenvalue weighted by Gasteiger charge is 2.25. The number of nitrogens with zero attached hydrogens (tertiary/aromatic N) is 1. The smallest absolute Gasteiger partial charge is 0.202 e. The average molecular weight is 271 g/mol. The first-order valence-electron chi connectivity index (χ1n) is 6.83. The van der Waals surface area contributed by atoms with E-state index in [1.807, 2.05) is 19.1 Å². The molecule has 0 bridgehead atoms. The second-order valence-electron chi connectivity index (χ2n) is 5.28. The van der Waals surface area contributed by atoms with Gasteiger partial charge < -0.3 is 10.2 Å². The number of aromatic nitrogens is 1. The van der Waals surface area contributed by atoms with Crippen LogP contribution in [0.4, 0.5) is 0 Å². The van der Waals surface area contributed by atoms with Crippen molar-refractivity contribution >= 4 is 5.78 Å². The molecule has 2 N–H and O–H groups in total. The van der Waals surface area contributed by atoms with Crippen LogP contribution in [0.1, 0.15) is 40.4 Å². The van der Waals surface area contributed by atoms with Gasteiger partial charge >= 0.3 is 0 Å². The van der Waals surface area contributed by atoms with Gasteiger partial charge in [-0.05, 0) is 31.0 Å². The van der Waals surface area contributed by atoms with Gasteiger partial charge in [0.2, 0.25) is 11.8 Å². The Balaban J connectivity index is 2.15. The van der Waals surface area contributed by atoms with Crippen molar-refractivity contribution in [1.82, 2.24) is 4.57 Å². The number of Topliss-reactive ketones (excluding diaryl/α,β-unsaturated/α-hetero) is 1. The van der Waals surface area contributed by atoms with Crippen LogP contribution >= 0.6 is 0 Å². The zero-order valence-electron chi connectivity index (χ0n) is 11.6. The van der Waals surface area contributed by atoms with Crippen molar-refractivity contribution in [2.24, 2.45) is 0 Å². The molecular formula is C16H17NO3. The van der Waals surface area contributed by atoms with E-state index in [4.69, 9.17) is 0 Å². The quantitative estimate of drug-likeness (QED) is 0.902. The fourth-order valence-electron chi connectivity index (χ4n) is 2.78. The largest absolute Gasteiger partial charge is 0.494 e. The molecule has 0 amide bonds. The Kier molecular flexibility index (Phi) is 2.82. The number of rotatable bonds is 3. The predicted octanol–water partition coefficient (Wildman–Crippen LogP) is 2.89. The monoisotopic (exact) mass is 271 g/mol. The normalized spacial score (nSPS) is 13.2. The lowest BCUT2D eigenvalue weighted by Gasteiger charge is -2.18. The molecule has 2 aromatic rings. The van der Waals surface area contributed by atoms with Crippen molar-refractivity contribution < 1.29 is 15.0 Å². The Morgan fingerprint density at radius 2 is 2.00 bits per heavy atom. The third kappa shape index (κ3) is 1.64. The van der Waals surface area contributed by atoms with E-state index in [1.165, 1.54) is 4.57 Å². The van der Waals surface area contributed by atoms with E-state index in [2.05, 4.69) is 0 Å². The standard InChI is InChI=1S/C16H17NO3/c1-3-4-12-9(2)15(19)17(16(12)20)11-6-5-10-7-14(18)13(10)8-11/h5-6,8,19-20H,3-4,7H2,1-2H3. The molecule has 0 spiro atoms. The molecule has 4 nitrogen and oxygen atoms in total. The molecular weight excluding hydrogens is 254 g/mol. The minimum absolute atomic E-state index is 0.0395. The third-order valence-corrected chi connectivity index (χ3v) is 3.98. The molecule has 0 atom stereocenters. The summed E-state index contributed by atoms with van der Waals surface area (Å²) < 4.78 is 1.41. The first-order chi connectivity index (χ1) is 9.54. The van der Waals surface area contributed by atoms with Crippen molar-refractivity contribution in [3.63, 3.8) is 0 Å². The SMILES string of the molecule is CCCc1c(C)c(O)n(-c2ccc3c(c2)C(=O)C3)c1O. The summed E-state index contributed by atoms with van der Waals surface area (Å²) in [6.45, 7) is 3.82. The summed E-state index contributed by atoms with van der Waals surface area (Å²) in [5.41, 5.74) is 3.79. The van der Waals surface area contributed by atoms with Gasteiger partial charge in [-0.2, -0.15) is 0 Å². The molecule has 3 rings (SSSR count). The van der Waals surface area contributed by atoms with Crippen LogP contribution in [-0.4, -0.2) is 20.6 Å².